The van der Waals surface area contributed by atoms with E-state index in [1.807, 2.05) is 31.5 Å². The molecule has 10 nitrogen and oxygen atoms in total. The summed E-state index contributed by atoms with van der Waals surface area (Å²) >= 11 is 7.28. The lowest BCUT2D eigenvalue weighted by Gasteiger charge is -2.24. The van der Waals surface area contributed by atoms with Gasteiger partial charge in [-0.15, -0.1) is 0 Å². The number of carbonyl (C=O) groups excluding carboxylic acids is 1. The summed E-state index contributed by atoms with van der Waals surface area (Å²) in [6.45, 7) is 4.43. The fourth-order valence-corrected chi connectivity index (χ4v) is 4.44. The lowest BCUT2D eigenvalue weighted by Crippen LogP contribution is -2.43. The van der Waals surface area contributed by atoms with Crippen LogP contribution in [0.1, 0.15) is 13.8 Å². The molecule has 0 aliphatic carbocycles. The van der Waals surface area contributed by atoms with Gasteiger partial charge in [0, 0.05) is 32.3 Å². The Bertz CT molecular complexity index is 1280. The summed E-state index contributed by atoms with van der Waals surface area (Å²) in [6.07, 6.45) is 0. The predicted molar refractivity (Wildman–Crippen MR) is 131 cm³/mol. The van der Waals surface area contributed by atoms with Crippen LogP contribution < -0.4 is 21.9 Å². The third-order valence-electron chi connectivity index (χ3n) is 4.98. The molecule has 1 amide bonds. The molecule has 2 heterocycles. The van der Waals surface area contributed by atoms with Gasteiger partial charge in [-0.3, -0.25) is 19.1 Å². The summed E-state index contributed by atoms with van der Waals surface area (Å²) in [4.78, 5) is 46.3. The van der Waals surface area contributed by atoms with Gasteiger partial charge in [-0.25, -0.2) is 9.78 Å². The highest BCUT2D eigenvalue weighted by atomic mass is 35.5. The normalized spacial score (nSPS) is 11.5. The molecule has 0 unspecified atom stereocenters. The molecule has 178 valence electrons. The van der Waals surface area contributed by atoms with Crippen molar-refractivity contribution in [2.45, 2.75) is 25.5 Å². The zero-order valence-electron chi connectivity index (χ0n) is 18.9. The summed E-state index contributed by atoms with van der Waals surface area (Å²) in [5, 5.41) is 1.20. The molecule has 0 atom stereocenters. The molecule has 3 rings (SSSR count). The van der Waals surface area contributed by atoms with Crippen LogP contribution in [0.15, 0.2) is 32.9 Å². The molecular formula is C21H27ClN6O4S. The van der Waals surface area contributed by atoms with Gasteiger partial charge >= 0.3 is 5.69 Å². The van der Waals surface area contributed by atoms with Gasteiger partial charge in [0.25, 0.3) is 5.56 Å². The van der Waals surface area contributed by atoms with Crippen molar-refractivity contribution in [2.24, 2.45) is 13.0 Å². The number of aromatic amines is 1. The van der Waals surface area contributed by atoms with Gasteiger partial charge in [0.05, 0.1) is 23.4 Å². The third-order valence-corrected chi connectivity index (χ3v) is 6.23. The van der Waals surface area contributed by atoms with Crippen molar-refractivity contribution in [2.75, 3.05) is 36.6 Å². The van der Waals surface area contributed by atoms with Gasteiger partial charge in [-0.1, -0.05) is 37.2 Å². The van der Waals surface area contributed by atoms with Crippen LogP contribution in [-0.2, 0) is 23.1 Å². The second-order valence-electron chi connectivity index (χ2n) is 7.91. The van der Waals surface area contributed by atoms with Crippen LogP contribution in [0.5, 0.6) is 0 Å². The first kappa shape index (κ1) is 24.9. The number of amides is 1. The molecule has 12 heteroatoms. The van der Waals surface area contributed by atoms with Crippen molar-refractivity contribution in [3.63, 3.8) is 0 Å². The Morgan fingerprint density at radius 1 is 1.36 bits per heavy atom. The number of hydrogen-bond acceptors (Lipinski definition) is 7. The minimum Gasteiger partial charge on any atom is -0.383 e. The van der Waals surface area contributed by atoms with E-state index < -0.39 is 11.2 Å². The molecule has 2 aromatic heterocycles. The number of aromatic nitrogens is 4. The Balaban J connectivity index is 1.92. The molecule has 3 aromatic rings. The molecule has 0 bridgehead atoms. The van der Waals surface area contributed by atoms with Gasteiger partial charge < -0.3 is 19.9 Å². The van der Waals surface area contributed by atoms with E-state index in [9.17, 15) is 14.4 Å². The number of halogens is 1. The minimum absolute atomic E-state index is 0.00318. The van der Waals surface area contributed by atoms with Crippen LogP contribution in [-0.4, -0.2) is 51.0 Å². The number of carbonyl (C=O) groups is 1. The Labute approximate surface area is 199 Å². The number of thioether (sulfide) groups is 1. The first-order valence-electron chi connectivity index (χ1n) is 10.3. The number of nitrogens with two attached hydrogens (primary N) is 1. The van der Waals surface area contributed by atoms with E-state index in [2.05, 4.69) is 9.97 Å². The number of nitrogens with one attached hydrogen (secondary N) is 1. The van der Waals surface area contributed by atoms with E-state index in [-0.39, 0.29) is 42.2 Å². The monoisotopic (exact) mass is 494 g/mol. The van der Waals surface area contributed by atoms with Crippen molar-refractivity contribution in [1.29, 1.82) is 0 Å². The van der Waals surface area contributed by atoms with Gasteiger partial charge in [-0.2, -0.15) is 0 Å². The standard InChI is InChI=1S/C21H27ClN6O4S/c1-12(2)10-28-18(23)17(19(30)25-20(28)31)27(7-8-32-4)16(29)11-33-21-24-14-9-13(22)5-6-15(14)26(21)3/h5-6,9,12H,7-8,10-11,23H2,1-4H3,(H,25,30,31). The largest absolute Gasteiger partial charge is 0.383 e. The number of anilines is 2. The molecule has 0 saturated carbocycles. The molecule has 0 spiro atoms. The average molecular weight is 495 g/mol. The number of ether oxygens (including phenoxy) is 1. The molecule has 1 aromatic carbocycles. The van der Waals surface area contributed by atoms with Crippen LogP contribution in [0.25, 0.3) is 11.0 Å². The van der Waals surface area contributed by atoms with Crippen molar-refractivity contribution in [3.05, 3.63) is 44.1 Å². The molecule has 33 heavy (non-hydrogen) atoms. The van der Waals surface area contributed by atoms with Gasteiger partial charge in [0.2, 0.25) is 5.91 Å². The zero-order valence-corrected chi connectivity index (χ0v) is 20.5. The molecule has 3 N–H and O–H groups in total. The van der Waals surface area contributed by atoms with E-state index in [1.54, 1.807) is 12.1 Å². The predicted octanol–water partition coefficient (Wildman–Crippen LogP) is 2.09. The lowest BCUT2D eigenvalue weighted by molar-refractivity contribution is -0.116. The summed E-state index contributed by atoms with van der Waals surface area (Å²) < 4.78 is 8.27. The number of rotatable bonds is 9. The van der Waals surface area contributed by atoms with E-state index in [1.165, 1.54) is 28.3 Å². The highest BCUT2D eigenvalue weighted by Gasteiger charge is 2.25. The van der Waals surface area contributed by atoms with Crippen molar-refractivity contribution in [3.8, 4) is 0 Å². The number of nitrogen functional groups attached to an aromatic ring is 1. The Hall–Kier alpha value is -2.76. The maximum atomic E-state index is 13.2. The first-order valence-corrected chi connectivity index (χ1v) is 11.7. The number of hydrogen-bond donors (Lipinski definition) is 2. The number of aryl methyl sites for hydroxylation is 1. The van der Waals surface area contributed by atoms with Crippen molar-refractivity contribution < 1.29 is 9.53 Å². The minimum atomic E-state index is -0.718. The summed E-state index contributed by atoms with van der Waals surface area (Å²) in [5.74, 6) is -0.316. The van der Waals surface area contributed by atoms with E-state index in [4.69, 9.17) is 22.1 Å². The number of imidazole rings is 1. The maximum Gasteiger partial charge on any atom is 0.330 e. The lowest BCUT2D eigenvalue weighted by atomic mass is 10.2. The highest BCUT2D eigenvalue weighted by Crippen LogP contribution is 2.26. The van der Waals surface area contributed by atoms with E-state index in [0.29, 0.717) is 16.7 Å². The van der Waals surface area contributed by atoms with Crippen molar-refractivity contribution in [1.82, 2.24) is 19.1 Å². The summed E-state index contributed by atoms with van der Waals surface area (Å²) in [7, 11) is 3.35. The number of benzene rings is 1. The molecule has 0 fully saturated rings. The number of methoxy groups -OCH3 is 1. The van der Waals surface area contributed by atoms with Crippen LogP contribution >= 0.6 is 23.4 Å². The van der Waals surface area contributed by atoms with Gasteiger partial charge in [-0.05, 0) is 24.1 Å². The Morgan fingerprint density at radius 2 is 2.09 bits per heavy atom. The number of H-pyrrole nitrogens is 1. The number of fused-ring (bicyclic) bond motifs is 1. The van der Waals surface area contributed by atoms with Crippen LogP contribution in [0, 0.1) is 5.92 Å². The molecule has 0 saturated heterocycles. The summed E-state index contributed by atoms with van der Waals surface area (Å²) in [6, 6.07) is 5.39. The van der Waals surface area contributed by atoms with Crippen molar-refractivity contribution >= 4 is 51.8 Å². The Morgan fingerprint density at radius 3 is 2.76 bits per heavy atom. The van der Waals surface area contributed by atoms with Crippen LogP contribution in [0.3, 0.4) is 0 Å². The van der Waals surface area contributed by atoms with Crippen LogP contribution in [0.4, 0.5) is 11.5 Å². The maximum absolute atomic E-state index is 13.2. The summed E-state index contributed by atoms with van der Waals surface area (Å²) in [5.41, 5.74) is 6.43. The fourth-order valence-electron chi connectivity index (χ4n) is 3.41. The smallest absolute Gasteiger partial charge is 0.330 e. The van der Waals surface area contributed by atoms with E-state index in [0.717, 1.165) is 11.0 Å². The molecular weight excluding hydrogens is 468 g/mol. The third kappa shape index (κ3) is 5.43. The average Bonchev–Trinajstić information content (AvgIpc) is 3.06. The fraction of sp³-hybridized carbons (Fsp3) is 0.429. The SMILES string of the molecule is COCCN(C(=O)CSc1nc2cc(Cl)ccc2n1C)c1c(N)n(CC(C)C)c(=O)[nH]c1=O. The second-order valence-corrected chi connectivity index (χ2v) is 9.29. The highest BCUT2D eigenvalue weighted by molar-refractivity contribution is 7.99. The van der Waals surface area contributed by atoms with Gasteiger partial charge in [0.1, 0.15) is 5.82 Å². The molecule has 0 aliphatic rings. The molecule has 0 radical (unpaired) electrons. The van der Waals surface area contributed by atoms with E-state index >= 15 is 0 Å². The molecule has 0 aliphatic heterocycles. The topological polar surface area (TPSA) is 128 Å². The Kier molecular flexibility index (Phi) is 7.88. The first-order chi connectivity index (χ1) is 15.6. The second kappa shape index (κ2) is 10.4. The zero-order chi connectivity index (χ0) is 24.3. The quantitative estimate of drug-likeness (QED) is 0.436. The van der Waals surface area contributed by atoms with Gasteiger partial charge in [0.15, 0.2) is 10.8 Å². The van der Waals surface area contributed by atoms with Crippen LogP contribution in [0.2, 0.25) is 5.02 Å². The number of nitrogens with zero attached hydrogens (tertiary/aromatic N) is 4.